The third-order valence-corrected chi connectivity index (χ3v) is 3.67. The van der Waals surface area contributed by atoms with Crippen molar-refractivity contribution in [3.05, 3.63) is 36.0 Å². The number of hydrogen-bond donors (Lipinski definition) is 1. The van der Waals surface area contributed by atoms with Gasteiger partial charge in [-0.25, -0.2) is 4.79 Å². The van der Waals surface area contributed by atoms with Crippen molar-refractivity contribution in [1.82, 2.24) is 15.4 Å². The van der Waals surface area contributed by atoms with Gasteiger partial charge in [-0.15, -0.1) is 0 Å². The second-order valence-corrected chi connectivity index (χ2v) is 5.84. The summed E-state index contributed by atoms with van der Waals surface area (Å²) >= 11 is 0. The third-order valence-electron chi connectivity index (χ3n) is 3.67. The van der Waals surface area contributed by atoms with Crippen LogP contribution in [0.4, 0.5) is 4.79 Å². The van der Waals surface area contributed by atoms with E-state index in [1.54, 1.807) is 12.0 Å². The van der Waals surface area contributed by atoms with E-state index >= 15 is 0 Å². The molecular weight excluding hydrogens is 306 g/mol. The Morgan fingerprint density at radius 2 is 2.12 bits per heavy atom. The topological polar surface area (TPSA) is 67.6 Å². The van der Waals surface area contributed by atoms with Crippen LogP contribution in [0.15, 0.2) is 34.9 Å². The Morgan fingerprint density at radius 3 is 2.79 bits per heavy atom. The lowest BCUT2D eigenvalue weighted by atomic mass is 10.1. The standard InChI is InChI=1S/C18H25N3O3/c1-5-10-19-18(22)21(13(2)3)12-14-11-17(24-20-14)15-8-6-7-9-16(15)23-4/h6-9,11,13H,5,10,12H2,1-4H3,(H,19,22). The minimum atomic E-state index is -0.0892. The van der Waals surface area contributed by atoms with Gasteiger partial charge >= 0.3 is 6.03 Å². The normalized spacial score (nSPS) is 10.7. The minimum absolute atomic E-state index is 0.0632. The van der Waals surface area contributed by atoms with E-state index in [1.165, 1.54) is 0 Å². The maximum absolute atomic E-state index is 12.3. The highest BCUT2D eigenvalue weighted by Gasteiger charge is 2.19. The summed E-state index contributed by atoms with van der Waals surface area (Å²) in [7, 11) is 1.62. The van der Waals surface area contributed by atoms with Crippen molar-refractivity contribution < 1.29 is 14.1 Å². The number of amides is 2. The van der Waals surface area contributed by atoms with E-state index in [2.05, 4.69) is 10.5 Å². The Bertz CT molecular complexity index is 667. The Balaban J connectivity index is 2.15. The van der Waals surface area contributed by atoms with Crippen LogP contribution in [0.2, 0.25) is 0 Å². The van der Waals surface area contributed by atoms with E-state index < -0.39 is 0 Å². The first-order chi connectivity index (χ1) is 11.6. The van der Waals surface area contributed by atoms with E-state index in [4.69, 9.17) is 9.26 Å². The molecule has 0 radical (unpaired) electrons. The van der Waals surface area contributed by atoms with Crippen molar-refractivity contribution in [1.29, 1.82) is 0 Å². The first-order valence-electron chi connectivity index (χ1n) is 8.20. The van der Waals surface area contributed by atoms with Crippen LogP contribution in [0.3, 0.4) is 0 Å². The Hall–Kier alpha value is -2.50. The van der Waals surface area contributed by atoms with Crippen molar-refractivity contribution >= 4 is 6.03 Å². The van der Waals surface area contributed by atoms with Crippen molar-refractivity contribution in [2.45, 2.75) is 39.8 Å². The second kappa shape index (κ2) is 8.38. The molecule has 0 saturated heterocycles. The van der Waals surface area contributed by atoms with E-state index in [0.29, 0.717) is 24.5 Å². The van der Waals surface area contributed by atoms with Gasteiger partial charge in [-0.3, -0.25) is 0 Å². The molecule has 1 N–H and O–H groups in total. The molecule has 0 aliphatic carbocycles. The summed E-state index contributed by atoms with van der Waals surface area (Å²) in [5.41, 5.74) is 1.54. The molecule has 0 aliphatic heterocycles. The lowest BCUT2D eigenvalue weighted by Crippen LogP contribution is -2.43. The zero-order valence-corrected chi connectivity index (χ0v) is 14.7. The van der Waals surface area contributed by atoms with Crippen molar-refractivity contribution in [3.63, 3.8) is 0 Å². The molecule has 0 unspecified atom stereocenters. The number of hydrogen-bond acceptors (Lipinski definition) is 4. The van der Waals surface area contributed by atoms with Crippen LogP contribution in [-0.4, -0.2) is 35.8 Å². The molecule has 6 heteroatoms. The number of nitrogens with one attached hydrogen (secondary N) is 1. The monoisotopic (exact) mass is 331 g/mol. The number of nitrogens with zero attached hydrogens (tertiary/aromatic N) is 2. The zero-order valence-electron chi connectivity index (χ0n) is 14.7. The van der Waals surface area contributed by atoms with Gasteiger partial charge in [0.05, 0.1) is 19.2 Å². The molecule has 1 aromatic heterocycles. The van der Waals surface area contributed by atoms with Gasteiger partial charge in [-0.2, -0.15) is 0 Å². The molecule has 2 amide bonds. The predicted molar refractivity (Wildman–Crippen MR) is 92.9 cm³/mol. The van der Waals surface area contributed by atoms with Gasteiger partial charge in [0, 0.05) is 18.7 Å². The highest BCUT2D eigenvalue weighted by Crippen LogP contribution is 2.30. The molecule has 130 valence electrons. The first kappa shape index (κ1) is 17.8. The van der Waals surface area contributed by atoms with Crippen molar-refractivity contribution in [3.8, 4) is 17.1 Å². The number of carbonyl (C=O) groups is 1. The third kappa shape index (κ3) is 4.28. The Morgan fingerprint density at radius 1 is 1.38 bits per heavy atom. The molecule has 1 aromatic carbocycles. The number of rotatable bonds is 7. The van der Waals surface area contributed by atoms with Crippen LogP contribution < -0.4 is 10.1 Å². The molecule has 24 heavy (non-hydrogen) atoms. The first-order valence-corrected chi connectivity index (χ1v) is 8.20. The molecule has 2 aromatic rings. The number of urea groups is 1. The number of benzene rings is 1. The number of para-hydroxylation sites is 1. The molecule has 0 aliphatic rings. The average Bonchev–Trinajstić information content (AvgIpc) is 3.05. The summed E-state index contributed by atoms with van der Waals surface area (Å²) in [6.45, 7) is 7.04. The van der Waals surface area contributed by atoms with Crippen LogP contribution in [0.25, 0.3) is 11.3 Å². The number of carbonyl (C=O) groups excluding carboxylic acids is 1. The fourth-order valence-corrected chi connectivity index (χ4v) is 2.36. The molecule has 0 spiro atoms. The van der Waals surface area contributed by atoms with Gasteiger partial charge in [-0.05, 0) is 32.4 Å². The quantitative estimate of drug-likeness (QED) is 0.840. The van der Waals surface area contributed by atoms with Gasteiger partial charge in [0.1, 0.15) is 11.4 Å². The smallest absolute Gasteiger partial charge is 0.317 e. The van der Waals surface area contributed by atoms with E-state index in [0.717, 1.165) is 17.7 Å². The zero-order chi connectivity index (χ0) is 17.5. The van der Waals surface area contributed by atoms with Gasteiger partial charge in [0.15, 0.2) is 5.76 Å². The summed E-state index contributed by atoms with van der Waals surface area (Å²) in [4.78, 5) is 14.0. The van der Waals surface area contributed by atoms with Crippen LogP contribution in [0, 0.1) is 0 Å². The lowest BCUT2D eigenvalue weighted by molar-refractivity contribution is 0.178. The number of ether oxygens (including phenoxy) is 1. The number of aromatic nitrogens is 1. The summed E-state index contributed by atoms with van der Waals surface area (Å²) in [5.74, 6) is 1.35. The Kier molecular flexibility index (Phi) is 6.23. The highest BCUT2D eigenvalue weighted by atomic mass is 16.5. The van der Waals surface area contributed by atoms with E-state index in [-0.39, 0.29) is 12.1 Å². The van der Waals surface area contributed by atoms with Crippen LogP contribution in [-0.2, 0) is 6.54 Å². The summed E-state index contributed by atoms with van der Waals surface area (Å²) in [6, 6.07) is 9.42. The average molecular weight is 331 g/mol. The fraction of sp³-hybridized carbons (Fsp3) is 0.444. The predicted octanol–water partition coefficient (Wildman–Crippen LogP) is 3.68. The molecule has 1 heterocycles. The van der Waals surface area contributed by atoms with Crippen molar-refractivity contribution in [2.24, 2.45) is 0 Å². The molecule has 0 atom stereocenters. The molecule has 0 saturated carbocycles. The van der Waals surface area contributed by atoms with Gasteiger partial charge in [-0.1, -0.05) is 24.2 Å². The van der Waals surface area contributed by atoms with Gasteiger partial charge in [0.25, 0.3) is 0 Å². The fourth-order valence-electron chi connectivity index (χ4n) is 2.36. The summed E-state index contributed by atoms with van der Waals surface area (Å²) in [5, 5.41) is 7.00. The lowest BCUT2D eigenvalue weighted by Gasteiger charge is -2.25. The molecule has 0 fully saturated rings. The van der Waals surface area contributed by atoms with Crippen LogP contribution in [0.5, 0.6) is 5.75 Å². The molecular formula is C18H25N3O3. The number of methoxy groups -OCH3 is 1. The van der Waals surface area contributed by atoms with Crippen LogP contribution in [0.1, 0.15) is 32.9 Å². The largest absolute Gasteiger partial charge is 0.496 e. The van der Waals surface area contributed by atoms with Gasteiger partial charge in [0.2, 0.25) is 0 Å². The SMILES string of the molecule is CCCNC(=O)N(Cc1cc(-c2ccccc2OC)on1)C(C)C. The van der Waals surface area contributed by atoms with E-state index in [9.17, 15) is 4.79 Å². The summed E-state index contributed by atoms with van der Waals surface area (Å²) < 4.78 is 10.8. The highest BCUT2D eigenvalue weighted by molar-refractivity contribution is 5.74. The maximum atomic E-state index is 12.3. The molecule has 6 nitrogen and oxygen atoms in total. The molecule has 0 bridgehead atoms. The second-order valence-electron chi connectivity index (χ2n) is 5.84. The maximum Gasteiger partial charge on any atom is 0.317 e. The Labute approximate surface area is 142 Å². The van der Waals surface area contributed by atoms with Crippen LogP contribution >= 0.6 is 0 Å². The van der Waals surface area contributed by atoms with E-state index in [1.807, 2.05) is 51.1 Å². The molecule has 2 rings (SSSR count). The summed E-state index contributed by atoms with van der Waals surface area (Å²) in [6.07, 6.45) is 0.902. The minimum Gasteiger partial charge on any atom is -0.496 e. The van der Waals surface area contributed by atoms with Crippen molar-refractivity contribution in [2.75, 3.05) is 13.7 Å². The van der Waals surface area contributed by atoms with Gasteiger partial charge < -0.3 is 19.5 Å².